The fourth-order valence-corrected chi connectivity index (χ4v) is 0. The van der Waals surface area contributed by atoms with E-state index < -0.39 is 14.2 Å². The molecular weight excluding hydrogens is 505 g/mol. The average Bonchev–Trinajstić information content (AvgIpc) is 0.650. The molecule has 68 valence electrons. The molecule has 0 saturated carbocycles. The van der Waals surface area contributed by atoms with Gasteiger partial charge in [0.2, 0.25) is 0 Å². The summed E-state index contributed by atoms with van der Waals surface area (Å²) in [6.07, 6.45) is 0. The van der Waals surface area contributed by atoms with E-state index in [-0.39, 0.29) is 127 Å². The fourth-order valence-electron chi connectivity index (χ4n) is 0. The van der Waals surface area contributed by atoms with Crippen LogP contribution in [-0.4, -0.2) is 91.0 Å². The minimum atomic E-state index is -7.72. The Morgan fingerprint density at radius 2 is 0.750 bits per heavy atom. The molecule has 0 aromatic heterocycles. The Morgan fingerprint density at radius 1 is 0.750 bits per heavy atom. The van der Waals surface area contributed by atoms with Crippen LogP contribution in [0.25, 0.3) is 0 Å². The summed E-state index contributed by atoms with van der Waals surface area (Å²) in [4.78, 5) is 0. The molecule has 12 heavy (non-hydrogen) atoms. The molecule has 0 amide bonds. The Kier molecular flexibility index (Phi) is 54.3. The van der Waals surface area contributed by atoms with Crippen molar-refractivity contribution in [3.8, 4) is 0 Å². The van der Waals surface area contributed by atoms with Crippen molar-refractivity contribution in [1.29, 1.82) is 0 Å². The van der Waals surface area contributed by atoms with E-state index in [0.29, 0.717) is 0 Å². The molecule has 12 heteroatoms. The van der Waals surface area contributed by atoms with Crippen LogP contribution in [0, 0.1) is 0 Å². The molecule has 0 aromatic carbocycles. The third-order valence-corrected chi connectivity index (χ3v) is 0. The Balaban J connectivity index is -0.00000000833. The van der Waals surface area contributed by atoms with Gasteiger partial charge in [-0.25, -0.2) is 0 Å². The second-order valence-corrected chi connectivity index (χ2v) is 3.49. The molecule has 8 nitrogen and oxygen atoms in total. The molecule has 0 atom stereocenters. The minimum absolute atomic E-state index is 0. The van der Waals surface area contributed by atoms with E-state index in [4.69, 9.17) is 18.6 Å². The van der Waals surface area contributed by atoms with Crippen LogP contribution in [0.15, 0.2) is 0 Å². The zero-order valence-electron chi connectivity index (χ0n) is 5.39. The molecule has 0 aromatic rings. The Labute approximate surface area is 156 Å². The summed E-state index contributed by atoms with van der Waals surface area (Å²) >= 11 is -7.72. The van der Waals surface area contributed by atoms with Crippen LogP contribution in [0.2, 0.25) is 0 Å². The van der Waals surface area contributed by atoms with Crippen molar-refractivity contribution in [2.45, 2.75) is 0 Å². The van der Waals surface area contributed by atoms with Gasteiger partial charge in [0.05, 0.1) is 0 Å². The van der Waals surface area contributed by atoms with Gasteiger partial charge in [-0.15, -0.1) is 0 Å². The molecule has 0 radical (unpaired) electrons. The summed E-state index contributed by atoms with van der Waals surface area (Å²) in [5.41, 5.74) is 0. The normalized spacial score (nSPS) is 9.33. The fraction of sp³-hybridized carbons (Fsp3) is 0. The van der Waals surface area contributed by atoms with Gasteiger partial charge in [0.1, 0.15) is 0 Å². The van der Waals surface area contributed by atoms with Crippen molar-refractivity contribution in [3.05, 3.63) is 0 Å². The topological polar surface area (TPSA) is 183 Å². The van der Waals surface area contributed by atoms with E-state index >= 15 is 0 Å². The first kappa shape index (κ1) is 45.2. The maximum Gasteiger partial charge on any atom is 4.00 e. The van der Waals surface area contributed by atoms with Crippen LogP contribution in [-0.2, 0) is 60.8 Å². The first-order valence-corrected chi connectivity index (χ1v) is 4.27. The summed E-state index contributed by atoms with van der Waals surface area (Å²) in [6.45, 7) is 0. The second-order valence-electron chi connectivity index (χ2n) is 0.589. The molecule has 0 aliphatic rings. The number of hydrogen-bond donors (Lipinski definition) is 0. The number of hydrogen-bond acceptors (Lipinski definition) is 5. The number of rotatable bonds is 0. The molecule has 0 bridgehead atoms. The predicted octanol–water partition coefficient (Wildman–Crippen LogP) is -3.86. The summed E-state index contributed by atoms with van der Waals surface area (Å²) in [5.74, 6) is 0. The zero-order valence-corrected chi connectivity index (χ0v) is 15.8. The third-order valence-electron chi connectivity index (χ3n) is 0. The first-order valence-electron chi connectivity index (χ1n) is 0.722. The van der Waals surface area contributed by atoms with Crippen LogP contribution in [0.1, 0.15) is 0 Å². The van der Waals surface area contributed by atoms with E-state index in [1.54, 1.807) is 0 Å². The van der Waals surface area contributed by atoms with Crippen LogP contribution < -0.4 is 7.87 Å². The van der Waals surface area contributed by atoms with Crippen molar-refractivity contribution in [2.75, 3.05) is 0 Å². The van der Waals surface area contributed by atoms with Crippen molar-refractivity contribution in [2.24, 2.45) is 0 Å². The monoisotopic (exact) mass is 508 g/mol. The van der Waals surface area contributed by atoms with Crippen LogP contribution in [0.3, 0.4) is 0 Å². The third kappa shape index (κ3) is 178. The molecule has 0 spiro atoms. The Bertz CT molecular complexity index is 193. The molecule has 0 saturated heterocycles. The van der Waals surface area contributed by atoms with Gasteiger partial charge in [-0.2, -0.15) is 0 Å². The summed E-state index contributed by atoms with van der Waals surface area (Å²) in [5, 5.41) is 0. The maximum absolute atomic E-state index is 8.64. The average molecular weight is 505 g/mol. The molecule has 0 N–H and O–H groups in total. The van der Waals surface area contributed by atoms with Crippen LogP contribution in [0.5, 0.6) is 0 Å². The Morgan fingerprint density at radius 3 is 0.750 bits per heavy atom. The van der Waals surface area contributed by atoms with E-state index in [0.717, 1.165) is 0 Å². The van der Waals surface area contributed by atoms with Gasteiger partial charge in [-0.3, -0.25) is 0 Å². The SMILES string of the molecule is [O-2].[O-2].[O-2].[O]=[Ru](=[O])(=[O])([O-])[O-].[Ru+4].[Sr+2].[Sr+2]. The van der Waals surface area contributed by atoms with Gasteiger partial charge >= 0.3 is 143 Å². The van der Waals surface area contributed by atoms with Crippen molar-refractivity contribution in [1.82, 2.24) is 0 Å². The summed E-state index contributed by atoms with van der Waals surface area (Å²) in [7, 11) is 0. The van der Waals surface area contributed by atoms with Gasteiger partial charge in [-0.05, 0) is 0 Å². The van der Waals surface area contributed by atoms with E-state index in [9.17, 15) is 0 Å². The standard InChI is InChI=1S/8O.2Ru.2Sr/q;;;3*-2;2*-1;;+4;2*+2. The van der Waals surface area contributed by atoms with Crippen LogP contribution >= 0.6 is 0 Å². The van der Waals surface area contributed by atoms with E-state index in [2.05, 4.69) is 0 Å². The minimum Gasteiger partial charge on any atom is 2.00 e. The zero-order chi connectivity index (χ0) is 5.45. The molecule has 0 unspecified atom stereocenters. The Hall–Kier alpha value is 3.41. The van der Waals surface area contributed by atoms with Gasteiger partial charge in [0, 0.05) is 0 Å². The van der Waals surface area contributed by atoms with Gasteiger partial charge in [0.15, 0.2) is 0 Å². The van der Waals surface area contributed by atoms with Crippen molar-refractivity contribution < 1.29 is 68.7 Å². The van der Waals surface area contributed by atoms with Gasteiger partial charge in [0.25, 0.3) is 0 Å². The van der Waals surface area contributed by atoms with E-state index in [1.807, 2.05) is 0 Å². The van der Waals surface area contributed by atoms with Crippen molar-refractivity contribution >= 4 is 91.0 Å². The largest absolute Gasteiger partial charge is 4.00 e. The van der Waals surface area contributed by atoms with Crippen LogP contribution in [0.4, 0.5) is 0 Å². The molecule has 0 heterocycles. The quantitative estimate of drug-likeness (QED) is 0.305. The molecule has 0 rings (SSSR count). The first-order chi connectivity index (χ1) is 2.24. The van der Waals surface area contributed by atoms with Gasteiger partial charge in [-0.1, -0.05) is 0 Å². The van der Waals surface area contributed by atoms with E-state index in [1.165, 1.54) is 0 Å². The molecular formula is O8Ru2Sr2. The predicted molar refractivity (Wildman–Crippen MR) is 15.6 cm³/mol. The van der Waals surface area contributed by atoms with Gasteiger partial charge < -0.3 is 16.4 Å². The smallest absolute Gasteiger partial charge is 2.00 e. The molecule has 0 aliphatic heterocycles. The molecule has 0 aliphatic carbocycles. The molecule has 0 fully saturated rings. The summed E-state index contributed by atoms with van der Waals surface area (Å²) < 4.78 is 43.2. The summed E-state index contributed by atoms with van der Waals surface area (Å²) in [6, 6.07) is 0. The second kappa shape index (κ2) is 14.4. The maximum atomic E-state index is 8.64. The van der Waals surface area contributed by atoms with Crippen molar-refractivity contribution in [3.63, 3.8) is 0 Å².